The molecule has 0 unspecified atom stereocenters. The van der Waals surface area contributed by atoms with Crippen molar-refractivity contribution in [2.75, 3.05) is 4.72 Å². The average molecular weight is 368 g/mol. The van der Waals surface area contributed by atoms with Crippen LogP contribution in [0.5, 0.6) is 0 Å². The highest BCUT2D eigenvalue weighted by molar-refractivity contribution is 7.92. The summed E-state index contributed by atoms with van der Waals surface area (Å²) in [4.78, 5) is 8.79. The third-order valence-corrected chi connectivity index (χ3v) is 6.08. The Balaban J connectivity index is 1.57. The van der Waals surface area contributed by atoms with E-state index in [0.717, 1.165) is 30.7 Å². The quantitative estimate of drug-likeness (QED) is 0.767. The maximum atomic E-state index is 12.7. The molecule has 3 aromatic rings. The second-order valence-electron chi connectivity index (χ2n) is 6.49. The number of hydrogen-bond acceptors (Lipinski definition) is 4. The van der Waals surface area contributed by atoms with Crippen LogP contribution in [-0.4, -0.2) is 23.0 Å². The van der Waals surface area contributed by atoms with Gasteiger partial charge < -0.3 is 0 Å². The summed E-state index contributed by atoms with van der Waals surface area (Å²) in [5.41, 5.74) is 2.84. The van der Waals surface area contributed by atoms with Crippen molar-refractivity contribution < 1.29 is 8.42 Å². The minimum atomic E-state index is -3.63. The maximum absolute atomic E-state index is 12.7. The molecule has 0 amide bonds. The van der Waals surface area contributed by atoms with E-state index in [9.17, 15) is 8.42 Å². The first-order chi connectivity index (χ1) is 12.5. The van der Waals surface area contributed by atoms with E-state index >= 15 is 0 Å². The van der Waals surface area contributed by atoms with E-state index in [1.165, 1.54) is 18.2 Å². The Morgan fingerprint density at radius 1 is 1.04 bits per heavy atom. The smallest absolute Gasteiger partial charge is 0.261 e. The molecule has 7 heteroatoms. The molecule has 134 valence electrons. The van der Waals surface area contributed by atoms with E-state index in [-0.39, 0.29) is 0 Å². The molecule has 0 fully saturated rings. The lowest BCUT2D eigenvalue weighted by Crippen LogP contribution is -2.14. The molecule has 0 bridgehead atoms. The molecule has 2 aromatic heterocycles. The van der Waals surface area contributed by atoms with E-state index in [0.29, 0.717) is 16.4 Å². The van der Waals surface area contributed by atoms with Gasteiger partial charge >= 0.3 is 0 Å². The molecule has 0 atom stereocenters. The highest BCUT2D eigenvalue weighted by Gasteiger charge is 2.18. The fraction of sp³-hybridized carbons (Fsp3) is 0.263. The molecule has 1 aliphatic carbocycles. The number of fused-ring (bicyclic) bond motifs is 1. The zero-order valence-electron chi connectivity index (χ0n) is 14.5. The molecule has 0 spiro atoms. The number of aryl methyl sites for hydroxylation is 3. The Labute approximate surface area is 153 Å². The monoisotopic (exact) mass is 368 g/mol. The average Bonchev–Trinajstić information content (AvgIpc) is 3.07. The number of benzene rings is 1. The van der Waals surface area contributed by atoms with Crippen molar-refractivity contribution in [3.8, 4) is 5.82 Å². The SMILES string of the molecule is Cc1nccn1-c1ccc(NS(=O)(=O)c2ccc3c(c2)CCCC3)cn1. The molecule has 26 heavy (non-hydrogen) atoms. The normalized spacial score (nSPS) is 14.0. The van der Waals surface area contributed by atoms with Gasteiger partial charge in [-0.1, -0.05) is 6.07 Å². The molecule has 0 saturated heterocycles. The lowest BCUT2D eigenvalue weighted by Gasteiger charge is -2.17. The molecular weight excluding hydrogens is 348 g/mol. The van der Waals surface area contributed by atoms with E-state index in [4.69, 9.17) is 0 Å². The minimum absolute atomic E-state index is 0.299. The van der Waals surface area contributed by atoms with Crippen LogP contribution < -0.4 is 4.72 Å². The van der Waals surface area contributed by atoms with Gasteiger partial charge in [0, 0.05) is 12.4 Å². The van der Waals surface area contributed by atoms with Gasteiger partial charge in [-0.15, -0.1) is 0 Å². The fourth-order valence-electron chi connectivity index (χ4n) is 3.30. The molecular formula is C19H20N4O2S. The third kappa shape index (κ3) is 3.22. The number of pyridine rings is 1. The topological polar surface area (TPSA) is 76.9 Å². The number of hydrogen-bond donors (Lipinski definition) is 1. The number of sulfonamides is 1. The summed E-state index contributed by atoms with van der Waals surface area (Å²) in [5.74, 6) is 1.51. The number of nitrogens with one attached hydrogen (secondary N) is 1. The van der Waals surface area contributed by atoms with Crippen molar-refractivity contribution in [2.24, 2.45) is 0 Å². The minimum Gasteiger partial charge on any atom is -0.288 e. The summed E-state index contributed by atoms with van der Waals surface area (Å²) in [6, 6.07) is 8.89. The van der Waals surface area contributed by atoms with Crippen LogP contribution in [0.4, 0.5) is 5.69 Å². The van der Waals surface area contributed by atoms with E-state index in [1.54, 1.807) is 30.5 Å². The van der Waals surface area contributed by atoms with E-state index < -0.39 is 10.0 Å². The Morgan fingerprint density at radius 3 is 2.54 bits per heavy atom. The predicted octanol–water partition coefficient (Wildman–Crippen LogP) is 3.26. The van der Waals surface area contributed by atoms with E-state index in [1.807, 2.05) is 23.8 Å². The van der Waals surface area contributed by atoms with Gasteiger partial charge in [0.2, 0.25) is 0 Å². The second-order valence-corrected chi connectivity index (χ2v) is 8.18. The lowest BCUT2D eigenvalue weighted by molar-refractivity contribution is 0.600. The second kappa shape index (κ2) is 6.57. The molecule has 2 heterocycles. The van der Waals surface area contributed by atoms with Crippen molar-refractivity contribution >= 4 is 15.7 Å². The van der Waals surface area contributed by atoms with Gasteiger partial charge in [-0.2, -0.15) is 0 Å². The Hall–Kier alpha value is -2.67. The number of anilines is 1. The van der Waals surface area contributed by atoms with Crippen LogP contribution >= 0.6 is 0 Å². The molecule has 6 nitrogen and oxygen atoms in total. The number of rotatable bonds is 4. The van der Waals surface area contributed by atoms with Gasteiger partial charge in [0.1, 0.15) is 11.6 Å². The van der Waals surface area contributed by atoms with Gasteiger partial charge in [0.25, 0.3) is 10.0 Å². The van der Waals surface area contributed by atoms with Crippen LogP contribution in [0, 0.1) is 6.92 Å². The Kier molecular flexibility index (Phi) is 4.24. The number of imidazole rings is 1. The molecule has 0 saturated carbocycles. The Morgan fingerprint density at radius 2 is 1.85 bits per heavy atom. The van der Waals surface area contributed by atoms with Gasteiger partial charge in [-0.25, -0.2) is 18.4 Å². The summed E-state index contributed by atoms with van der Waals surface area (Å²) in [6.07, 6.45) is 9.29. The molecule has 0 radical (unpaired) electrons. The van der Waals surface area contributed by atoms with Gasteiger partial charge in [-0.05, 0) is 68.0 Å². The summed E-state index contributed by atoms with van der Waals surface area (Å²) < 4.78 is 29.9. The van der Waals surface area contributed by atoms with Gasteiger partial charge in [-0.3, -0.25) is 9.29 Å². The molecule has 4 rings (SSSR count). The van der Waals surface area contributed by atoms with Gasteiger partial charge in [0.15, 0.2) is 0 Å². The summed E-state index contributed by atoms with van der Waals surface area (Å²) >= 11 is 0. The third-order valence-electron chi connectivity index (χ3n) is 4.70. The largest absolute Gasteiger partial charge is 0.288 e. The van der Waals surface area contributed by atoms with Crippen LogP contribution in [0.3, 0.4) is 0 Å². The van der Waals surface area contributed by atoms with Crippen molar-refractivity contribution in [3.05, 3.63) is 65.9 Å². The van der Waals surface area contributed by atoms with E-state index in [2.05, 4.69) is 14.7 Å². The molecule has 1 aliphatic rings. The van der Waals surface area contributed by atoms with Crippen molar-refractivity contribution in [1.82, 2.24) is 14.5 Å². The molecule has 1 N–H and O–H groups in total. The fourth-order valence-corrected chi connectivity index (χ4v) is 4.39. The van der Waals surface area contributed by atoms with Gasteiger partial charge in [0.05, 0.1) is 16.8 Å². The first-order valence-electron chi connectivity index (χ1n) is 8.64. The highest BCUT2D eigenvalue weighted by Crippen LogP contribution is 2.25. The summed E-state index contributed by atoms with van der Waals surface area (Å²) in [6.45, 7) is 1.88. The summed E-state index contributed by atoms with van der Waals surface area (Å²) in [5, 5.41) is 0. The first-order valence-corrected chi connectivity index (χ1v) is 10.1. The van der Waals surface area contributed by atoms with Crippen molar-refractivity contribution in [2.45, 2.75) is 37.5 Å². The van der Waals surface area contributed by atoms with Crippen molar-refractivity contribution in [3.63, 3.8) is 0 Å². The molecule has 0 aliphatic heterocycles. The molecule has 1 aromatic carbocycles. The number of aromatic nitrogens is 3. The van der Waals surface area contributed by atoms with Crippen LogP contribution in [0.2, 0.25) is 0 Å². The van der Waals surface area contributed by atoms with Crippen LogP contribution in [-0.2, 0) is 22.9 Å². The van der Waals surface area contributed by atoms with Crippen molar-refractivity contribution in [1.29, 1.82) is 0 Å². The number of nitrogens with zero attached hydrogens (tertiary/aromatic N) is 3. The first kappa shape index (κ1) is 16.8. The zero-order chi connectivity index (χ0) is 18.1. The van der Waals surface area contributed by atoms with Crippen LogP contribution in [0.25, 0.3) is 5.82 Å². The van der Waals surface area contributed by atoms with Crippen LogP contribution in [0.1, 0.15) is 29.8 Å². The summed E-state index contributed by atoms with van der Waals surface area (Å²) in [7, 11) is -3.63. The highest BCUT2D eigenvalue weighted by atomic mass is 32.2. The standard InChI is InChI=1S/C19H20N4O2S/c1-14-20-10-11-23(14)19-9-7-17(13-21-19)22-26(24,25)18-8-6-15-4-2-3-5-16(15)12-18/h6-13,22H,2-5H2,1H3. The van der Waals surface area contributed by atoms with Crippen LogP contribution in [0.15, 0.2) is 53.8 Å². The Bertz CT molecular complexity index is 1040. The lowest BCUT2D eigenvalue weighted by atomic mass is 9.92. The maximum Gasteiger partial charge on any atom is 0.261 e. The predicted molar refractivity (Wildman–Crippen MR) is 100.0 cm³/mol. The zero-order valence-corrected chi connectivity index (χ0v) is 15.3.